The first-order valence-electron chi connectivity index (χ1n) is 10.2. The summed E-state index contributed by atoms with van der Waals surface area (Å²) in [5.74, 6) is -0.822. The van der Waals surface area contributed by atoms with Crippen LogP contribution in [0.3, 0.4) is 0 Å². The van der Waals surface area contributed by atoms with Crippen molar-refractivity contribution in [3.05, 3.63) is 95.3 Å². The fourth-order valence-electron chi connectivity index (χ4n) is 3.07. The number of halogens is 1. The van der Waals surface area contributed by atoms with E-state index in [0.29, 0.717) is 29.8 Å². The summed E-state index contributed by atoms with van der Waals surface area (Å²) in [4.78, 5) is 23.4. The fourth-order valence-corrected chi connectivity index (χ4v) is 4.09. The maximum atomic E-state index is 13.2. The van der Waals surface area contributed by atoms with Crippen molar-refractivity contribution in [2.45, 2.75) is 24.8 Å². The van der Waals surface area contributed by atoms with Crippen LogP contribution in [0.1, 0.15) is 28.4 Å². The van der Waals surface area contributed by atoms with E-state index in [0.717, 1.165) is 5.56 Å². The SMILES string of the molecule is CC(=O)Nc1ccc(S(=O)(=O)NCc2ccc(C(=O)NCCc3cccc(F)c3)cc2)cc1. The normalized spacial score (nSPS) is 11.1. The van der Waals surface area contributed by atoms with Gasteiger partial charge in [0.15, 0.2) is 0 Å². The second-order valence-electron chi connectivity index (χ2n) is 7.36. The highest BCUT2D eigenvalue weighted by Gasteiger charge is 2.14. The highest BCUT2D eigenvalue weighted by atomic mass is 32.2. The van der Waals surface area contributed by atoms with Gasteiger partial charge in [-0.15, -0.1) is 0 Å². The van der Waals surface area contributed by atoms with Crippen LogP contribution >= 0.6 is 0 Å². The Balaban J connectivity index is 1.51. The molecule has 0 unspecified atom stereocenters. The minimum Gasteiger partial charge on any atom is -0.352 e. The first-order chi connectivity index (χ1) is 15.7. The van der Waals surface area contributed by atoms with Crippen molar-refractivity contribution in [2.75, 3.05) is 11.9 Å². The van der Waals surface area contributed by atoms with E-state index in [-0.39, 0.29) is 29.1 Å². The van der Waals surface area contributed by atoms with Gasteiger partial charge < -0.3 is 10.6 Å². The summed E-state index contributed by atoms with van der Waals surface area (Å²) in [6, 6.07) is 18.6. The maximum absolute atomic E-state index is 13.2. The second-order valence-corrected chi connectivity index (χ2v) is 9.13. The summed E-state index contributed by atoms with van der Waals surface area (Å²) >= 11 is 0. The number of benzene rings is 3. The lowest BCUT2D eigenvalue weighted by Crippen LogP contribution is -2.26. The number of hydrogen-bond acceptors (Lipinski definition) is 4. The van der Waals surface area contributed by atoms with Crippen molar-refractivity contribution in [3.8, 4) is 0 Å². The Bertz CT molecular complexity index is 1230. The number of hydrogen-bond donors (Lipinski definition) is 3. The number of carbonyl (C=O) groups is 2. The van der Waals surface area contributed by atoms with E-state index in [4.69, 9.17) is 0 Å². The number of anilines is 1. The molecular weight excluding hydrogens is 445 g/mol. The predicted molar refractivity (Wildman–Crippen MR) is 124 cm³/mol. The zero-order chi connectivity index (χ0) is 23.8. The van der Waals surface area contributed by atoms with Gasteiger partial charge in [0, 0.05) is 31.3 Å². The Morgan fingerprint density at radius 2 is 1.61 bits per heavy atom. The Morgan fingerprint density at radius 1 is 0.909 bits per heavy atom. The van der Waals surface area contributed by atoms with Crippen LogP contribution in [0.5, 0.6) is 0 Å². The van der Waals surface area contributed by atoms with Crippen LogP contribution in [0.4, 0.5) is 10.1 Å². The first-order valence-corrected chi connectivity index (χ1v) is 11.7. The van der Waals surface area contributed by atoms with Crippen molar-refractivity contribution in [1.29, 1.82) is 0 Å². The van der Waals surface area contributed by atoms with Gasteiger partial charge in [-0.25, -0.2) is 17.5 Å². The van der Waals surface area contributed by atoms with E-state index >= 15 is 0 Å². The van der Waals surface area contributed by atoms with Crippen molar-refractivity contribution >= 4 is 27.5 Å². The molecule has 0 aromatic heterocycles. The van der Waals surface area contributed by atoms with Crippen LogP contribution < -0.4 is 15.4 Å². The molecule has 0 fully saturated rings. The molecule has 7 nitrogen and oxygen atoms in total. The third-order valence-corrected chi connectivity index (χ3v) is 6.17. The summed E-state index contributed by atoms with van der Waals surface area (Å²) in [6.07, 6.45) is 0.509. The zero-order valence-corrected chi connectivity index (χ0v) is 18.8. The van der Waals surface area contributed by atoms with Gasteiger partial charge in [0.1, 0.15) is 5.82 Å². The molecule has 33 heavy (non-hydrogen) atoms. The number of nitrogens with one attached hydrogen (secondary N) is 3. The van der Waals surface area contributed by atoms with Gasteiger partial charge >= 0.3 is 0 Å². The third kappa shape index (κ3) is 7.23. The smallest absolute Gasteiger partial charge is 0.251 e. The molecule has 0 heterocycles. The molecule has 0 radical (unpaired) electrons. The van der Waals surface area contributed by atoms with E-state index in [1.807, 2.05) is 0 Å². The van der Waals surface area contributed by atoms with Gasteiger partial charge in [0.2, 0.25) is 15.9 Å². The molecule has 0 saturated carbocycles. The quantitative estimate of drug-likeness (QED) is 0.448. The van der Waals surface area contributed by atoms with Crippen LogP contribution in [0.2, 0.25) is 0 Å². The summed E-state index contributed by atoms with van der Waals surface area (Å²) in [5, 5.41) is 5.36. The topological polar surface area (TPSA) is 104 Å². The lowest BCUT2D eigenvalue weighted by Gasteiger charge is -2.09. The van der Waals surface area contributed by atoms with Gasteiger partial charge in [-0.1, -0.05) is 24.3 Å². The van der Waals surface area contributed by atoms with E-state index in [1.165, 1.54) is 43.3 Å². The molecule has 0 atom stereocenters. The van der Waals surface area contributed by atoms with Crippen LogP contribution in [0.15, 0.2) is 77.7 Å². The molecule has 0 saturated heterocycles. The Kier molecular flexibility index (Phi) is 7.92. The Morgan fingerprint density at radius 3 is 2.24 bits per heavy atom. The zero-order valence-electron chi connectivity index (χ0n) is 18.0. The average Bonchev–Trinajstić information content (AvgIpc) is 2.78. The molecule has 3 rings (SSSR count). The van der Waals surface area contributed by atoms with Gasteiger partial charge in [-0.05, 0) is 66.1 Å². The highest BCUT2D eigenvalue weighted by Crippen LogP contribution is 2.15. The molecule has 0 aliphatic carbocycles. The monoisotopic (exact) mass is 469 g/mol. The molecule has 3 aromatic carbocycles. The van der Waals surface area contributed by atoms with E-state index in [1.54, 1.807) is 36.4 Å². The van der Waals surface area contributed by atoms with E-state index in [2.05, 4.69) is 15.4 Å². The molecule has 0 bridgehead atoms. The fraction of sp³-hybridized carbons (Fsp3) is 0.167. The molecule has 2 amide bonds. The summed E-state index contributed by atoms with van der Waals surface area (Å²) in [5.41, 5.74) is 2.42. The molecule has 0 aliphatic heterocycles. The number of carbonyl (C=O) groups excluding carboxylic acids is 2. The van der Waals surface area contributed by atoms with Crippen molar-refractivity contribution in [1.82, 2.24) is 10.0 Å². The second kappa shape index (κ2) is 10.8. The minimum atomic E-state index is -3.74. The summed E-state index contributed by atoms with van der Waals surface area (Å²) in [6.45, 7) is 1.79. The predicted octanol–water partition coefficient (Wildman–Crippen LogP) is 3.24. The van der Waals surface area contributed by atoms with Crippen LogP contribution in [-0.2, 0) is 27.8 Å². The minimum absolute atomic E-state index is 0.0528. The van der Waals surface area contributed by atoms with Crippen LogP contribution in [0.25, 0.3) is 0 Å². The van der Waals surface area contributed by atoms with Gasteiger partial charge in [0.05, 0.1) is 4.90 Å². The molecule has 172 valence electrons. The van der Waals surface area contributed by atoms with E-state index in [9.17, 15) is 22.4 Å². The Labute approximate surface area is 192 Å². The van der Waals surface area contributed by atoms with E-state index < -0.39 is 10.0 Å². The molecule has 3 N–H and O–H groups in total. The highest BCUT2D eigenvalue weighted by molar-refractivity contribution is 7.89. The van der Waals surface area contributed by atoms with Crippen molar-refractivity contribution < 1.29 is 22.4 Å². The standard InChI is InChI=1S/C24H24FN3O4S/c1-17(29)28-22-9-11-23(12-10-22)33(31,32)27-16-19-5-7-20(8-6-19)24(30)26-14-13-18-3-2-4-21(25)15-18/h2-12,15,27H,13-14,16H2,1H3,(H,26,30)(H,28,29). The van der Waals surface area contributed by atoms with Gasteiger partial charge in [-0.2, -0.15) is 0 Å². The molecule has 3 aromatic rings. The average molecular weight is 470 g/mol. The number of rotatable bonds is 9. The van der Waals surface area contributed by atoms with Crippen LogP contribution in [0, 0.1) is 5.82 Å². The van der Waals surface area contributed by atoms with Crippen LogP contribution in [-0.4, -0.2) is 26.8 Å². The molecular formula is C24H24FN3O4S. The summed E-state index contributed by atoms with van der Waals surface area (Å²) < 4.78 is 40.7. The molecule has 0 spiro atoms. The Hall–Kier alpha value is -3.56. The van der Waals surface area contributed by atoms with Crippen molar-refractivity contribution in [2.24, 2.45) is 0 Å². The molecule has 9 heteroatoms. The summed E-state index contributed by atoms with van der Waals surface area (Å²) in [7, 11) is -3.74. The van der Waals surface area contributed by atoms with Gasteiger partial charge in [-0.3, -0.25) is 9.59 Å². The van der Waals surface area contributed by atoms with Crippen molar-refractivity contribution in [3.63, 3.8) is 0 Å². The largest absolute Gasteiger partial charge is 0.352 e. The third-order valence-electron chi connectivity index (χ3n) is 4.76. The molecule has 0 aliphatic rings. The number of sulfonamides is 1. The van der Waals surface area contributed by atoms with Gasteiger partial charge in [0.25, 0.3) is 5.91 Å². The maximum Gasteiger partial charge on any atom is 0.251 e. The lowest BCUT2D eigenvalue weighted by molar-refractivity contribution is -0.114. The first kappa shape index (κ1) is 24.1. The lowest BCUT2D eigenvalue weighted by atomic mass is 10.1. The number of amides is 2.